The van der Waals surface area contributed by atoms with Gasteiger partial charge in [0.1, 0.15) is 0 Å². The molecule has 0 saturated carbocycles. The third-order valence-electron chi connectivity index (χ3n) is 3.71. The first kappa shape index (κ1) is 14.3. The van der Waals surface area contributed by atoms with E-state index in [1.807, 2.05) is 13.8 Å². The Bertz CT molecular complexity index is 542. The van der Waals surface area contributed by atoms with Crippen LogP contribution in [0.25, 0.3) is 0 Å². The third-order valence-corrected chi connectivity index (χ3v) is 5.34. The van der Waals surface area contributed by atoms with E-state index >= 15 is 0 Å². The zero-order valence-corrected chi connectivity index (χ0v) is 12.3. The van der Waals surface area contributed by atoms with Crippen molar-refractivity contribution in [3.63, 3.8) is 0 Å². The molecule has 1 aliphatic rings. The lowest BCUT2D eigenvalue weighted by molar-refractivity contribution is 0.0957. The standard InChI is InChI=1S/C13H20N2O3S/c1-10-13(2,8-9-18-10)15-19(16,17)12-6-4-11(14-3)5-7-12/h4-7,10,14-15H,8-9H2,1-3H3. The lowest BCUT2D eigenvalue weighted by Gasteiger charge is -2.28. The van der Waals surface area contributed by atoms with Crippen molar-refractivity contribution in [2.24, 2.45) is 0 Å². The predicted molar refractivity (Wildman–Crippen MR) is 74.7 cm³/mol. The molecule has 0 spiro atoms. The van der Waals surface area contributed by atoms with Crippen LogP contribution in [0.1, 0.15) is 20.3 Å². The molecular formula is C13H20N2O3S. The van der Waals surface area contributed by atoms with Crippen LogP contribution in [-0.4, -0.2) is 33.7 Å². The summed E-state index contributed by atoms with van der Waals surface area (Å²) in [6, 6.07) is 6.67. The number of ether oxygens (including phenoxy) is 1. The van der Waals surface area contributed by atoms with Gasteiger partial charge in [-0.2, -0.15) is 0 Å². The Balaban J connectivity index is 2.22. The summed E-state index contributed by atoms with van der Waals surface area (Å²) in [6.07, 6.45) is 0.556. The van der Waals surface area contributed by atoms with E-state index in [1.54, 1.807) is 31.3 Å². The quantitative estimate of drug-likeness (QED) is 0.881. The summed E-state index contributed by atoms with van der Waals surface area (Å²) in [6.45, 7) is 4.35. The highest BCUT2D eigenvalue weighted by atomic mass is 32.2. The van der Waals surface area contributed by atoms with E-state index in [0.29, 0.717) is 13.0 Å². The van der Waals surface area contributed by atoms with E-state index in [0.717, 1.165) is 5.69 Å². The van der Waals surface area contributed by atoms with Gasteiger partial charge in [0.05, 0.1) is 16.5 Å². The van der Waals surface area contributed by atoms with Gasteiger partial charge in [0.25, 0.3) is 0 Å². The van der Waals surface area contributed by atoms with Crippen molar-refractivity contribution in [1.29, 1.82) is 0 Å². The number of sulfonamides is 1. The van der Waals surface area contributed by atoms with Crippen LogP contribution in [0.4, 0.5) is 5.69 Å². The first-order valence-corrected chi connectivity index (χ1v) is 7.79. The molecule has 1 aromatic carbocycles. The fourth-order valence-corrected chi connectivity index (χ4v) is 3.63. The van der Waals surface area contributed by atoms with Crippen LogP contribution in [0, 0.1) is 0 Å². The normalized spacial score (nSPS) is 27.4. The van der Waals surface area contributed by atoms with E-state index in [2.05, 4.69) is 10.0 Å². The maximum Gasteiger partial charge on any atom is 0.241 e. The van der Waals surface area contributed by atoms with Gasteiger partial charge in [-0.3, -0.25) is 0 Å². The molecule has 0 amide bonds. The average Bonchev–Trinajstić information content (AvgIpc) is 2.68. The Morgan fingerprint density at radius 3 is 2.42 bits per heavy atom. The second-order valence-electron chi connectivity index (χ2n) is 5.06. The van der Waals surface area contributed by atoms with Gasteiger partial charge < -0.3 is 10.1 Å². The van der Waals surface area contributed by atoms with Crippen LogP contribution < -0.4 is 10.0 Å². The molecule has 1 aliphatic heterocycles. The molecule has 1 aromatic rings. The van der Waals surface area contributed by atoms with E-state index in [9.17, 15) is 8.42 Å². The molecule has 106 valence electrons. The molecule has 1 fully saturated rings. The highest BCUT2D eigenvalue weighted by Crippen LogP contribution is 2.27. The molecule has 0 aromatic heterocycles. The minimum atomic E-state index is -3.52. The average molecular weight is 284 g/mol. The number of rotatable bonds is 4. The largest absolute Gasteiger partial charge is 0.388 e. The van der Waals surface area contributed by atoms with Crippen LogP contribution in [0.3, 0.4) is 0 Å². The number of anilines is 1. The SMILES string of the molecule is CNc1ccc(S(=O)(=O)NC2(C)CCOC2C)cc1. The van der Waals surface area contributed by atoms with Gasteiger partial charge in [0.2, 0.25) is 10.0 Å². The summed E-state index contributed by atoms with van der Waals surface area (Å²) in [4.78, 5) is 0.270. The van der Waals surface area contributed by atoms with Crippen molar-refractivity contribution in [2.45, 2.75) is 36.8 Å². The van der Waals surface area contributed by atoms with Crippen molar-refractivity contribution < 1.29 is 13.2 Å². The van der Waals surface area contributed by atoms with Gasteiger partial charge in [-0.1, -0.05) is 0 Å². The maximum atomic E-state index is 12.4. The molecule has 1 saturated heterocycles. The number of nitrogens with one attached hydrogen (secondary N) is 2. The van der Waals surface area contributed by atoms with Crippen LogP contribution in [-0.2, 0) is 14.8 Å². The van der Waals surface area contributed by atoms with E-state index in [1.165, 1.54) is 0 Å². The summed E-state index contributed by atoms with van der Waals surface area (Å²) in [5.41, 5.74) is 0.336. The van der Waals surface area contributed by atoms with Crippen LogP contribution in [0.5, 0.6) is 0 Å². The minimum absolute atomic E-state index is 0.126. The summed E-state index contributed by atoms with van der Waals surface area (Å²) < 4.78 is 32.9. The van der Waals surface area contributed by atoms with Gasteiger partial charge in [0.15, 0.2) is 0 Å². The van der Waals surface area contributed by atoms with Crippen LogP contribution in [0.2, 0.25) is 0 Å². The Kier molecular flexibility index (Phi) is 3.85. The molecule has 2 atom stereocenters. The maximum absolute atomic E-state index is 12.4. The van der Waals surface area contributed by atoms with Crippen molar-refractivity contribution >= 4 is 15.7 Å². The Hall–Kier alpha value is -1.11. The summed E-state index contributed by atoms with van der Waals surface area (Å²) in [7, 11) is -1.73. The molecule has 0 bridgehead atoms. The highest BCUT2D eigenvalue weighted by molar-refractivity contribution is 7.89. The van der Waals surface area contributed by atoms with Crippen LogP contribution >= 0.6 is 0 Å². The zero-order chi connectivity index (χ0) is 14.1. The summed E-state index contributed by atoms with van der Waals surface area (Å²) >= 11 is 0. The predicted octanol–water partition coefficient (Wildman–Crippen LogP) is 1.57. The molecule has 6 heteroatoms. The van der Waals surface area contributed by atoms with Gasteiger partial charge in [-0.25, -0.2) is 13.1 Å². The van der Waals surface area contributed by atoms with Crippen molar-refractivity contribution in [2.75, 3.05) is 19.0 Å². The van der Waals surface area contributed by atoms with E-state index in [4.69, 9.17) is 4.74 Å². The van der Waals surface area contributed by atoms with E-state index < -0.39 is 15.6 Å². The zero-order valence-electron chi connectivity index (χ0n) is 11.4. The molecule has 0 radical (unpaired) electrons. The van der Waals surface area contributed by atoms with Gasteiger partial charge in [0, 0.05) is 19.3 Å². The molecule has 1 heterocycles. The number of hydrogen-bond donors (Lipinski definition) is 2. The molecule has 0 aliphatic carbocycles. The highest BCUT2D eigenvalue weighted by Gasteiger charge is 2.40. The molecular weight excluding hydrogens is 264 g/mol. The first-order chi connectivity index (χ1) is 8.87. The minimum Gasteiger partial charge on any atom is -0.388 e. The monoisotopic (exact) mass is 284 g/mol. The van der Waals surface area contributed by atoms with Crippen molar-refractivity contribution in [1.82, 2.24) is 4.72 Å². The van der Waals surface area contributed by atoms with Crippen molar-refractivity contribution in [3.05, 3.63) is 24.3 Å². The Morgan fingerprint density at radius 2 is 1.95 bits per heavy atom. The Labute approximate surface area is 114 Å². The molecule has 2 rings (SSSR count). The van der Waals surface area contributed by atoms with E-state index in [-0.39, 0.29) is 11.0 Å². The van der Waals surface area contributed by atoms with Crippen LogP contribution in [0.15, 0.2) is 29.2 Å². The molecule has 2 N–H and O–H groups in total. The smallest absolute Gasteiger partial charge is 0.241 e. The van der Waals surface area contributed by atoms with Gasteiger partial charge >= 0.3 is 0 Å². The van der Waals surface area contributed by atoms with Crippen molar-refractivity contribution in [3.8, 4) is 0 Å². The third kappa shape index (κ3) is 2.91. The lowest BCUT2D eigenvalue weighted by Crippen LogP contribution is -2.50. The van der Waals surface area contributed by atoms with Gasteiger partial charge in [-0.05, 0) is 44.5 Å². The molecule has 19 heavy (non-hydrogen) atoms. The molecule has 5 nitrogen and oxygen atoms in total. The summed E-state index contributed by atoms with van der Waals surface area (Å²) in [5.74, 6) is 0. The summed E-state index contributed by atoms with van der Waals surface area (Å²) in [5, 5.41) is 2.96. The first-order valence-electron chi connectivity index (χ1n) is 6.31. The second-order valence-corrected chi connectivity index (χ2v) is 6.74. The lowest BCUT2D eigenvalue weighted by atomic mass is 9.97. The molecule has 2 unspecified atom stereocenters. The fourth-order valence-electron chi connectivity index (χ4n) is 2.14. The number of hydrogen-bond acceptors (Lipinski definition) is 4. The number of benzene rings is 1. The second kappa shape index (κ2) is 5.11. The fraction of sp³-hybridized carbons (Fsp3) is 0.538. The van der Waals surface area contributed by atoms with Gasteiger partial charge in [-0.15, -0.1) is 0 Å². The Morgan fingerprint density at radius 1 is 1.32 bits per heavy atom. The topological polar surface area (TPSA) is 67.4 Å².